The summed E-state index contributed by atoms with van der Waals surface area (Å²) in [6, 6.07) is 4.47. The van der Waals surface area contributed by atoms with Gasteiger partial charge in [0, 0.05) is 60.4 Å². The summed E-state index contributed by atoms with van der Waals surface area (Å²) in [5.74, 6) is -3.27. The van der Waals surface area contributed by atoms with Crippen LogP contribution in [0.25, 0.3) is 11.1 Å². The van der Waals surface area contributed by atoms with Gasteiger partial charge in [0.05, 0.1) is 18.7 Å². The molecular formula is C28H30F3N3O3. The minimum atomic E-state index is -0.966. The molecule has 0 saturated carbocycles. The van der Waals surface area contributed by atoms with Gasteiger partial charge in [0.25, 0.3) is 0 Å². The smallest absolute Gasteiger partial charge is 0.307 e. The number of hydrogen-bond acceptors (Lipinski definition) is 5. The Morgan fingerprint density at radius 1 is 1.05 bits per heavy atom. The first-order chi connectivity index (χ1) is 17.5. The molecule has 2 aromatic heterocycles. The zero-order valence-electron chi connectivity index (χ0n) is 21.2. The van der Waals surface area contributed by atoms with Crippen LogP contribution in [-0.4, -0.2) is 40.7 Å². The van der Waals surface area contributed by atoms with Crippen molar-refractivity contribution in [2.75, 3.05) is 24.6 Å². The molecule has 37 heavy (non-hydrogen) atoms. The van der Waals surface area contributed by atoms with Crippen LogP contribution in [0.3, 0.4) is 0 Å². The monoisotopic (exact) mass is 513 g/mol. The van der Waals surface area contributed by atoms with Gasteiger partial charge in [0.15, 0.2) is 5.82 Å². The van der Waals surface area contributed by atoms with Crippen LogP contribution in [0.5, 0.6) is 5.88 Å². The molecule has 3 heterocycles. The van der Waals surface area contributed by atoms with Crippen molar-refractivity contribution >= 4 is 11.7 Å². The van der Waals surface area contributed by atoms with Crippen LogP contribution < -0.4 is 9.64 Å². The summed E-state index contributed by atoms with van der Waals surface area (Å²) in [6.07, 6.45) is 4.96. The molecule has 0 aliphatic carbocycles. The standard InChI is InChI=1S/C28H30F3N3O3/c1-17-22(14-25(35)36)26(34-7-5-28(2,3)6-8-34)23(16-32-17)19-12-24(31)27(33-15-19)37-9-4-18-10-20(29)13-21(30)11-18/h10-13,15-16H,4-9,14H2,1-3H3,(H,35,36). The maximum atomic E-state index is 15.0. The van der Waals surface area contributed by atoms with Crippen molar-refractivity contribution < 1.29 is 27.8 Å². The molecule has 1 saturated heterocycles. The van der Waals surface area contributed by atoms with E-state index in [1.54, 1.807) is 13.1 Å². The van der Waals surface area contributed by atoms with E-state index in [1.165, 1.54) is 24.4 Å². The average molecular weight is 514 g/mol. The van der Waals surface area contributed by atoms with Gasteiger partial charge in [-0.3, -0.25) is 9.78 Å². The molecule has 1 aliphatic heterocycles. The molecule has 0 spiro atoms. The first-order valence-electron chi connectivity index (χ1n) is 12.2. The second-order valence-corrected chi connectivity index (χ2v) is 10.2. The topological polar surface area (TPSA) is 75.6 Å². The Kier molecular flexibility index (Phi) is 7.71. The van der Waals surface area contributed by atoms with Crippen LogP contribution in [0.4, 0.5) is 18.9 Å². The number of aromatic nitrogens is 2. The van der Waals surface area contributed by atoms with Crippen molar-refractivity contribution in [2.24, 2.45) is 5.41 Å². The number of ether oxygens (including phenoxy) is 1. The molecule has 6 nitrogen and oxygen atoms in total. The number of pyridine rings is 2. The van der Waals surface area contributed by atoms with Crippen molar-refractivity contribution in [2.45, 2.75) is 46.5 Å². The van der Waals surface area contributed by atoms with Crippen LogP contribution in [0.15, 0.2) is 36.7 Å². The predicted octanol–water partition coefficient (Wildman–Crippen LogP) is 5.74. The highest BCUT2D eigenvalue weighted by molar-refractivity contribution is 5.84. The molecule has 1 aliphatic rings. The molecule has 9 heteroatoms. The van der Waals surface area contributed by atoms with Crippen LogP contribution in [0.2, 0.25) is 0 Å². The van der Waals surface area contributed by atoms with E-state index in [-0.39, 0.29) is 30.7 Å². The van der Waals surface area contributed by atoms with Gasteiger partial charge in [0.2, 0.25) is 5.88 Å². The average Bonchev–Trinajstić information content (AvgIpc) is 2.81. The Morgan fingerprint density at radius 2 is 1.73 bits per heavy atom. The van der Waals surface area contributed by atoms with Crippen LogP contribution in [-0.2, 0) is 17.6 Å². The summed E-state index contributed by atoms with van der Waals surface area (Å²) in [4.78, 5) is 22.4. The van der Waals surface area contributed by atoms with Gasteiger partial charge in [-0.1, -0.05) is 13.8 Å². The van der Waals surface area contributed by atoms with Gasteiger partial charge < -0.3 is 14.7 Å². The normalized spacial score (nSPS) is 15.0. The summed E-state index contributed by atoms with van der Waals surface area (Å²) >= 11 is 0. The lowest BCUT2D eigenvalue weighted by Crippen LogP contribution is -2.38. The number of benzene rings is 1. The minimum absolute atomic E-state index is 0.0180. The number of nitrogens with zero attached hydrogens (tertiary/aromatic N) is 3. The SMILES string of the molecule is Cc1ncc(-c2cnc(OCCc3cc(F)cc(F)c3)c(F)c2)c(N2CCC(C)(C)CC2)c1CC(=O)O. The fourth-order valence-electron chi connectivity index (χ4n) is 4.61. The van der Waals surface area contributed by atoms with E-state index in [4.69, 9.17) is 4.74 Å². The third-order valence-electron chi connectivity index (χ3n) is 6.80. The fraction of sp³-hybridized carbons (Fsp3) is 0.393. The first kappa shape index (κ1) is 26.4. The second-order valence-electron chi connectivity index (χ2n) is 10.2. The number of carboxylic acid groups (broad SMARTS) is 1. The first-order valence-corrected chi connectivity index (χ1v) is 12.2. The predicted molar refractivity (Wildman–Crippen MR) is 134 cm³/mol. The number of hydrogen-bond donors (Lipinski definition) is 1. The van der Waals surface area contributed by atoms with E-state index in [0.717, 1.165) is 37.7 Å². The van der Waals surface area contributed by atoms with E-state index in [1.807, 2.05) is 0 Å². The molecule has 0 unspecified atom stereocenters. The number of halogens is 3. The van der Waals surface area contributed by atoms with Gasteiger partial charge in [-0.05, 0) is 48.9 Å². The Balaban J connectivity index is 1.61. The molecule has 1 aromatic carbocycles. The van der Waals surface area contributed by atoms with Gasteiger partial charge in [-0.15, -0.1) is 0 Å². The molecule has 4 rings (SSSR count). The van der Waals surface area contributed by atoms with E-state index < -0.39 is 23.4 Å². The van der Waals surface area contributed by atoms with Crippen LogP contribution in [0, 0.1) is 29.8 Å². The highest BCUT2D eigenvalue weighted by atomic mass is 19.1. The van der Waals surface area contributed by atoms with Crippen molar-refractivity contribution in [1.29, 1.82) is 0 Å². The summed E-state index contributed by atoms with van der Waals surface area (Å²) in [6.45, 7) is 7.67. The van der Waals surface area contributed by atoms with Crippen LogP contribution >= 0.6 is 0 Å². The van der Waals surface area contributed by atoms with Crippen molar-refractivity contribution in [3.05, 3.63) is 70.9 Å². The molecule has 0 amide bonds. The number of carbonyl (C=O) groups is 1. The van der Waals surface area contributed by atoms with Gasteiger partial charge in [-0.2, -0.15) is 0 Å². The third kappa shape index (κ3) is 6.39. The zero-order chi connectivity index (χ0) is 26.7. The molecule has 196 valence electrons. The van der Waals surface area contributed by atoms with E-state index in [0.29, 0.717) is 27.9 Å². The van der Waals surface area contributed by atoms with Gasteiger partial charge >= 0.3 is 5.97 Å². The maximum Gasteiger partial charge on any atom is 0.307 e. The Morgan fingerprint density at radius 3 is 2.35 bits per heavy atom. The molecule has 0 radical (unpaired) electrons. The molecule has 1 fully saturated rings. The quantitative estimate of drug-likeness (QED) is 0.414. The Bertz CT molecular complexity index is 1280. The van der Waals surface area contributed by atoms with Gasteiger partial charge in [0.1, 0.15) is 11.6 Å². The number of carboxylic acids is 1. The molecule has 0 atom stereocenters. The molecule has 0 bridgehead atoms. The van der Waals surface area contributed by atoms with Crippen molar-refractivity contribution in [3.8, 4) is 17.0 Å². The number of aryl methyl sites for hydroxylation is 1. The zero-order valence-corrected chi connectivity index (χ0v) is 21.2. The largest absolute Gasteiger partial charge is 0.481 e. The van der Waals surface area contributed by atoms with Gasteiger partial charge in [-0.25, -0.2) is 18.2 Å². The number of piperidine rings is 1. The molecule has 1 N–H and O–H groups in total. The van der Waals surface area contributed by atoms with E-state index >= 15 is 4.39 Å². The highest BCUT2D eigenvalue weighted by Crippen LogP contribution is 2.40. The molecule has 3 aromatic rings. The summed E-state index contributed by atoms with van der Waals surface area (Å²) in [7, 11) is 0. The Hall–Kier alpha value is -3.62. The van der Waals surface area contributed by atoms with Crippen LogP contribution in [0.1, 0.15) is 43.5 Å². The summed E-state index contributed by atoms with van der Waals surface area (Å²) < 4.78 is 47.2. The lowest BCUT2D eigenvalue weighted by molar-refractivity contribution is -0.136. The number of rotatable bonds is 8. The minimum Gasteiger partial charge on any atom is -0.481 e. The number of anilines is 1. The lowest BCUT2D eigenvalue weighted by atomic mass is 9.82. The molecular weight excluding hydrogens is 483 g/mol. The maximum absolute atomic E-state index is 15.0. The summed E-state index contributed by atoms with van der Waals surface area (Å²) in [5.41, 5.74) is 3.61. The second kappa shape index (κ2) is 10.8. The van der Waals surface area contributed by atoms with E-state index in [9.17, 15) is 18.7 Å². The Labute approximate surface area is 214 Å². The fourth-order valence-corrected chi connectivity index (χ4v) is 4.61. The lowest BCUT2D eigenvalue weighted by Gasteiger charge is -2.40. The number of aliphatic carboxylic acids is 1. The van der Waals surface area contributed by atoms with E-state index in [2.05, 4.69) is 28.7 Å². The summed E-state index contributed by atoms with van der Waals surface area (Å²) in [5, 5.41) is 9.56. The van der Waals surface area contributed by atoms with Crippen molar-refractivity contribution in [1.82, 2.24) is 9.97 Å². The third-order valence-corrected chi connectivity index (χ3v) is 6.80. The highest BCUT2D eigenvalue weighted by Gasteiger charge is 2.29. The van der Waals surface area contributed by atoms with Crippen molar-refractivity contribution in [3.63, 3.8) is 0 Å².